The van der Waals surface area contributed by atoms with E-state index in [2.05, 4.69) is 13.2 Å². The fourth-order valence-corrected chi connectivity index (χ4v) is 2.49. The molecule has 128 valence electrons. The van der Waals surface area contributed by atoms with Crippen molar-refractivity contribution in [2.75, 3.05) is 33.7 Å². The van der Waals surface area contributed by atoms with Crippen LogP contribution in [0.15, 0.2) is 25.3 Å². The summed E-state index contributed by atoms with van der Waals surface area (Å²) in [6.07, 6.45) is 5.17. The summed E-state index contributed by atoms with van der Waals surface area (Å²) in [7, 11) is 1.64. The van der Waals surface area contributed by atoms with Crippen LogP contribution in [0, 0.1) is 5.92 Å². The average Bonchev–Trinajstić information content (AvgIpc) is 2.46. The molecule has 0 aromatic carbocycles. The van der Waals surface area contributed by atoms with Crippen molar-refractivity contribution in [2.24, 2.45) is 5.92 Å². The predicted octanol–water partition coefficient (Wildman–Crippen LogP) is 2.91. The Hall–Kier alpha value is -0.720. The predicted molar refractivity (Wildman–Crippen MR) is 85.6 cm³/mol. The second-order valence-electron chi connectivity index (χ2n) is 5.80. The molecule has 22 heavy (non-hydrogen) atoms. The van der Waals surface area contributed by atoms with Gasteiger partial charge in [0.1, 0.15) is 6.79 Å². The standard InChI is InChI=1S/C17H30O5/c1-6-8-15(20-13-19-11-10-18-5)14-12-21-17(3,4)22-16(14)9-7-2/h6-7,14-16H,1-2,8-13H2,3-5H3/t14-,15-,16+/m0/s1. The summed E-state index contributed by atoms with van der Waals surface area (Å²) < 4.78 is 28.0. The zero-order valence-electron chi connectivity index (χ0n) is 14.1. The zero-order valence-corrected chi connectivity index (χ0v) is 14.1. The summed E-state index contributed by atoms with van der Waals surface area (Å²) in [4.78, 5) is 0. The van der Waals surface area contributed by atoms with E-state index in [1.54, 1.807) is 7.11 Å². The van der Waals surface area contributed by atoms with Crippen molar-refractivity contribution >= 4 is 0 Å². The van der Waals surface area contributed by atoms with Gasteiger partial charge in [0.2, 0.25) is 0 Å². The van der Waals surface area contributed by atoms with Gasteiger partial charge in [0.05, 0.1) is 32.0 Å². The topological polar surface area (TPSA) is 46.2 Å². The van der Waals surface area contributed by atoms with E-state index >= 15 is 0 Å². The van der Waals surface area contributed by atoms with Gasteiger partial charge < -0.3 is 23.7 Å². The lowest BCUT2D eigenvalue weighted by atomic mass is 9.90. The highest BCUT2D eigenvalue weighted by Crippen LogP contribution is 2.32. The lowest BCUT2D eigenvalue weighted by Crippen LogP contribution is -2.50. The Morgan fingerprint density at radius 2 is 2.05 bits per heavy atom. The molecule has 5 nitrogen and oxygen atoms in total. The lowest BCUT2D eigenvalue weighted by molar-refractivity contribution is -0.306. The van der Waals surface area contributed by atoms with Crippen LogP contribution in [0.2, 0.25) is 0 Å². The van der Waals surface area contributed by atoms with E-state index in [0.29, 0.717) is 19.8 Å². The van der Waals surface area contributed by atoms with Crippen molar-refractivity contribution in [2.45, 2.75) is 44.7 Å². The van der Waals surface area contributed by atoms with Crippen molar-refractivity contribution in [1.82, 2.24) is 0 Å². The van der Waals surface area contributed by atoms with Gasteiger partial charge in [-0.1, -0.05) is 12.2 Å². The molecule has 1 aliphatic rings. The largest absolute Gasteiger partial charge is 0.382 e. The summed E-state index contributed by atoms with van der Waals surface area (Å²) in [5.41, 5.74) is 0. The fraction of sp³-hybridized carbons (Fsp3) is 0.765. The Balaban J connectivity index is 2.58. The molecule has 1 heterocycles. The normalized spacial score (nSPS) is 25.6. The summed E-state index contributed by atoms with van der Waals surface area (Å²) in [5.74, 6) is -0.451. The Labute approximate surface area is 134 Å². The molecule has 0 aromatic heterocycles. The molecule has 0 aliphatic carbocycles. The maximum absolute atomic E-state index is 6.03. The molecule has 1 saturated heterocycles. The second kappa shape index (κ2) is 10.1. The molecule has 1 rings (SSSR count). The molecule has 1 fully saturated rings. The van der Waals surface area contributed by atoms with Crippen LogP contribution in [-0.2, 0) is 23.7 Å². The number of hydrogen-bond donors (Lipinski definition) is 0. The van der Waals surface area contributed by atoms with E-state index in [9.17, 15) is 0 Å². The molecule has 0 unspecified atom stereocenters. The second-order valence-corrected chi connectivity index (χ2v) is 5.80. The first-order chi connectivity index (χ1) is 10.5. The van der Waals surface area contributed by atoms with Crippen molar-refractivity contribution in [3.63, 3.8) is 0 Å². The van der Waals surface area contributed by atoms with Crippen molar-refractivity contribution < 1.29 is 23.7 Å². The van der Waals surface area contributed by atoms with E-state index < -0.39 is 5.79 Å². The van der Waals surface area contributed by atoms with Crippen LogP contribution in [0.5, 0.6) is 0 Å². The van der Waals surface area contributed by atoms with Crippen molar-refractivity contribution in [3.8, 4) is 0 Å². The van der Waals surface area contributed by atoms with Crippen molar-refractivity contribution in [1.29, 1.82) is 0 Å². The third-order valence-corrected chi connectivity index (χ3v) is 3.61. The van der Waals surface area contributed by atoms with Gasteiger partial charge in [-0.3, -0.25) is 0 Å². The molecule has 0 saturated carbocycles. The minimum absolute atomic E-state index is 0.0187. The van der Waals surface area contributed by atoms with Gasteiger partial charge in [-0.25, -0.2) is 0 Å². The molecular weight excluding hydrogens is 284 g/mol. The average molecular weight is 314 g/mol. The maximum atomic E-state index is 6.03. The van der Waals surface area contributed by atoms with Crippen LogP contribution >= 0.6 is 0 Å². The van der Waals surface area contributed by atoms with Gasteiger partial charge in [-0.05, 0) is 26.7 Å². The van der Waals surface area contributed by atoms with Gasteiger partial charge >= 0.3 is 0 Å². The summed E-state index contributed by atoms with van der Waals surface area (Å²) in [5, 5.41) is 0. The third-order valence-electron chi connectivity index (χ3n) is 3.61. The molecule has 3 atom stereocenters. The lowest BCUT2D eigenvalue weighted by Gasteiger charge is -2.43. The first-order valence-electron chi connectivity index (χ1n) is 7.76. The van der Waals surface area contributed by atoms with E-state index in [0.717, 1.165) is 12.8 Å². The van der Waals surface area contributed by atoms with Crippen molar-refractivity contribution in [3.05, 3.63) is 25.3 Å². The highest BCUT2D eigenvalue weighted by molar-refractivity contribution is 4.90. The van der Waals surface area contributed by atoms with Gasteiger partial charge in [0.15, 0.2) is 5.79 Å². The molecule has 0 amide bonds. The van der Waals surface area contributed by atoms with Crippen LogP contribution in [0.4, 0.5) is 0 Å². The molecule has 1 aliphatic heterocycles. The first kappa shape index (κ1) is 19.3. The fourth-order valence-electron chi connectivity index (χ4n) is 2.49. The Kier molecular flexibility index (Phi) is 8.90. The SMILES string of the molecule is C=CC[C@H](OCOCCOC)[C@@H]1COC(C)(C)O[C@@H]1CC=C. The van der Waals surface area contributed by atoms with E-state index in [-0.39, 0.29) is 24.9 Å². The maximum Gasteiger partial charge on any atom is 0.163 e. The molecule has 0 bridgehead atoms. The van der Waals surface area contributed by atoms with E-state index in [1.807, 2.05) is 26.0 Å². The molecular formula is C17H30O5. The summed E-state index contributed by atoms with van der Waals surface area (Å²) in [6.45, 7) is 13.4. The third kappa shape index (κ3) is 6.58. The number of ether oxygens (including phenoxy) is 5. The quantitative estimate of drug-likeness (QED) is 0.333. The van der Waals surface area contributed by atoms with E-state index in [4.69, 9.17) is 23.7 Å². The van der Waals surface area contributed by atoms with E-state index in [1.165, 1.54) is 0 Å². The Bertz CT molecular complexity index is 329. The zero-order chi connectivity index (χ0) is 16.4. The number of rotatable bonds is 11. The molecule has 0 aromatic rings. The van der Waals surface area contributed by atoms with Crippen LogP contribution in [0.1, 0.15) is 26.7 Å². The monoisotopic (exact) mass is 314 g/mol. The van der Waals surface area contributed by atoms with Gasteiger partial charge in [0.25, 0.3) is 0 Å². The molecule has 0 spiro atoms. The number of hydrogen-bond acceptors (Lipinski definition) is 5. The minimum atomic E-state index is -0.572. The summed E-state index contributed by atoms with van der Waals surface area (Å²) >= 11 is 0. The first-order valence-corrected chi connectivity index (χ1v) is 7.76. The van der Waals surface area contributed by atoms with Gasteiger partial charge in [-0.2, -0.15) is 0 Å². The highest BCUT2D eigenvalue weighted by atomic mass is 16.7. The summed E-state index contributed by atoms with van der Waals surface area (Å²) in [6, 6.07) is 0. The highest BCUT2D eigenvalue weighted by Gasteiger charge is 2.39. The van der Waals surface area contributed by atoms with Crippen LogP contribution in [-0.4, -0.2) is 51.7 Å². The molecule has 0 N–H and O–H groups in total. The molecule has 5 heteroatoms. The van der Waals surface area contributed by atoms with Crippen LogP contribution in [0.3, 0.4) is 0 Å². The van der Waals surface area contributed by atoms with Gasteiger partial charge in [0, 0.05) is 13.0 Å². The molecule has 0 radical (unpaired) electrons. The number of methoxy groups -OCH3 is 1. The smallest absolute Gasteiger partial charge is 0.163 e. The minimum Gasteiger partial charge on any atom is -0.382 e. The van der Waals surface area contributed by atoms with Gasteiger partial charge in [-0.15, -0.1) is 13.2 Å². The Morgan fingerprint density at radius 3 is 2.68 bits per heavy atom. The van der Waals surface area contributed by atoms with Crippen LogP contribution < -0.4 is 0 Å². The Morgan fingerprint density at radius 1 is 1.27 bits per heavy atom. The van der Waals surface area contributed by atoms with Crippen LogP contribution in [0.25, 0.3) is 0 Å².